The van der Waals surface area contributed by atoms with Gasteiger partial charge in [0.25, 0.3) is 0 Å². The van der Waals surface area contributed by atoms with Crippen LogP contribution in [0.1, 0.15) is 42.0 Å². The number of sulfone groups is 1. The minimum absolute atomic E-state index is 0.256. The summed E-state index contributed by atoms with van der Waals surface area (Å²) in [6.45, 7) is 4.37. The molecule has 0 aliphatic carbocycles. The summed E-state index contributed by atoms with van der Waals surface area (Å²) in [7, 11) is -3.31. The highest BCUT2D eigenvalue weighted by atomic mass is 32.2. The smallest absolute Gasteiger partial charge is 0.175 e. The van der Waals surface area contributed by atoms with Gasteiger partial charge in [-0.15, -0.1) is 0 Å². The zero-order chi connectivity index (χ0) is 26.9. The Morgan fingerprint density at radius 1 is 0.842 bits per heavy atom. The zero-order valence-corrected chi connectivity index (χ0v) is 22.3. The molecule has 0 aliphatic rings. The van der Waals surface area contributed by atoms with E-state index in [0.717, 1.165) is 44.3 Å². The maximum absolute atomic E-state index is 13.7. The summed E-state index contributed by atoms with van der Waals surface area (Å²) in [6, 6.07) is 29.9. The number of nitrogens with zero attached hydrogens (tertiary/aromatic N) is 1. The van der Waals surface area contributed by atoms with Gasteiger partial charge in [-0.3, -0.25) is 4.98 Å². The minimum atomic E-state index is -3.31. The van der Waals surface area contributed by atoms with Crippen molar-refractivity contribution in [3.05, 3.63) is 131 Å². The maximum atomic E-state index is 13.7. The summed E-state index contributed by atoms with van der Waals surface area (Å²) in [5.74, 6) is 0.0633. The Morgan fingerprint density at radius 3 is 2.18 bits per heavy atom. The highest BCUT2D eigenvalue weighted by molar-refractivity contribution is 7.90. The lowest BCUT2D eigenvalue weighted by Gasteiger charge is -2.13. The van der Waals surface area contributed by atoms with Crippen molar-refractivity contribution >= 4 is 32.4 Å². The second-order valence-electron chi connectivity index (χ2n) is 9.79. The third-order valence-corrected chi connectivity index (χ3v) is 7.78. The van der Waals surface area contributed by atoms with Crippen LogP contribution in [0.25, 0.3) is 33.7 Å². The monoisotopic (exact) mass is 521 g/mol. The molecule has 38 heavy (non-hydrogen) atoms. The van der Waals surface area contributed by atoms with Gasteiger partial charge in [-0.1, -0.05) is 62.4 Å². The van der Waals surface area contributed by atoms with Crippen LogP contribution in [0.5, 0.6) is 0 Å². The number of fused-ring (bicyclic) bond motifs is 1. The Kier molecular flexibility index (Phi) is 6.96. The number of hydrogen-bond donors (Lipinski definition) is 0. The van der Waals surface area contributed by atoms with E-state index in [-0.39, 0.29) is 10.7 Å². The Bertz CT molecular complexity index is 1750. The van der Waals surface area contributed by atoms with Crippen LogP contribution in [-0.4, -0.2) is 19.7 Å². The maximum Gasteiger partial charge on any atom is 0.175 e. The molecule has 0 aliphatic heterocycles. The third-order valence-electron chi connectivity index (χ3n) is 6.65. The van der Waals surface area contributed by atoms with E-state index in [4.69, 9.17) is 0 Å². The van der Waals surface area contributed by atoms with E-state index in [1.54, 1.807) is 36.4 Å². The summed E-state index contributed by atoms with van der Waals surface area (Å²) in [4.78, 5) is 4.94. The van der Waals surface area contributed by atoms with Gasteiger partial charge in [-0.25, -0.2) is 12.8 Å². The second kappa shape index (κ2) is 10.3. The van der Waals surface area contributed by atoms with Gasteiger partial charge < -0.3 is 0 Å². The molecule has 0 N–H and O–H groups in total. The number of rotatable bonds is 6. The first kappa shape index (κ1) is 25.6. The van der Waals surface area contributed by atoms with Crippen LogP contribution in [0.3, 0.4) is 0 Å². The number of benzene rings is 4. The van der Waals surface area contributed by atoms with Gasteiger partial charge >= 0.3 is 0 Å². The van der Waals surface area contributed by atoms with Gasteiger partial charge in [0.2, 0.25) is 0 Å². The van der Waals surface area contributed by atoms with Crippen molar-refractivity contribution in [3.63, 3.8) is 0 Å². The molecule has 4 aromatic carbocycles. The van der Waals surface area contributed by atoms with Gasteiger partial charge in [0, 0.05) is 23.4 Å². The molecule has 3 nitrogen and oxygen atoms in total. The fourth-order valence-corrected chi connectivity index (χ4v) is 5.21. The molecule has 5 heteroatoms. The van der Waals surface area contributed by atoms with Crippen molar-refractivity contribution in [2.24, 2.45) is 0 Å². The number of aromatic nitrogens is 1. The molecule has 0 saturated carbocycles. The Morgan fingerprint density at radius 2 is 1.53 bits per heavy atom. The number of pyridine rings is 1. The molecule has 0 saturated heterocycles. The van der Waals surface area contributed by atoms with E-state index in [1.807, 2.05) is 30.5 Å². The highest BCUT2D eigenvalue weighted by Gasteiger charge is 2.13. The van der Waals surface area contributed by atoms with E-state index in [0.29, 0.717) is 5.92 Å². The lowest BCUT2D eigenvalue weighted by molar-refractivity contribution is 0.602. The molecule has 0 amide bonds. The van der Waals surface area contributed by atoms with E-state index in [2.05, 4.69) is 49.2 Å². The van der Waals surface area contributed by atoms with Crippen molar-refractivity contribution in [1.29, 1.82) is 0 Å². The van der Waals surface area contributed by atoms with Crippen molar-refractivity contribution in [1.82, 2.24) is 4.98 Å². The van der Waals surface area contributed by atoms with E-state index in [1.165, 1.54) is 24.0 Å². The summed E-state index contributed by atoms with van der Waals surface area (Å²) in [6.07, 6.45) is 5.06. The van der Waals surface area contributed by atoms with Crippen molar-refractivity contribution < 1.29 is 12.8 Å². The molecule has 1 aromatic heterocycles. The van der Waals surface area contributed by atoms with Gasteiger partial charge in [0.15, 0.2) is 9.84 Å². The third kappa shape index (κ3) is 5.43. The van der Waals surface area contributed by atoms with Crippen molar-refractivity contribution in [3.8, 4) is 11.1 Å². The molecular formula is C33H28FNO2S. The minimum Gasteiger partial charge on any atom is -0.256 e. The second-order valence-corrected chi connectivity index (χ2v) is 11.8. The molecule has 1 heterocycles. The van der Waals surface area contributed by atoms with Crippen LogP contribution >= 0.6 is 0 Å². The van der Waals surface area contributed by atoms with Crippen LogP contribution in [-0.2, 0) is 9.84 Å². The number of hydrogen-bond acceptors (Lipinski definition) is 3. The number of halogens is 1. The summed E-state index contributed by atoms with van der Waals surface area (Å²) >= 11 is 0. The first-order chi connectivity index (χ1) is 18.2. The molecule has 0 atom stereocenters. The predicted octanol–water partition coefficient (Wildman–Crippen LogP) is 8.16. The van der Waals surface area contributed by atoms with E-state index < -0.39 is 9.84 Å². The van der Waals surface area contributed by atoms with Crippen LogP contribution < -0.4 is 0 Å². The lowest BCUT2D eigenvalue weighted by atomic mass is 9.92. The van der Waals surface area contributed by atoms with Gasteiger partial charge in [0.1, 0.15) is 5.82 Å². The molecule has 0 unspecified atom stereocenters. The van der Waals surface area contributed by atoms with Crippen LogP contribution in [0, 0.1) is 5.82 Å². The average molecular weight is 522 g/mol. The van der Waals surface area contributed by atoms with Crippen LogP contribution in [0.2, 0.25) is 0 Å². The molecule has 5 rings (SSSR count). The summed E-state index contributed by atoms with van der Waals surface area (Å²) in [5, 5.41) is 1.10. The van der Waals surface area contributed by atoms with Crippen molar-refractivity contribution in [2.75, 3.05) is 6.26 Å². The largest absolute Gasteiger partial charge is 0.256 e. The van der Waals surface area contributed by atoms with E-state index >= 15 is 0 Å². The van der Waals surface area contributed by atoms with Crippen LogP contribution in [0.4, 0.5) is 4.39 Å². The van der Waals surface area contributed by atoms with Gasteiger partial charge in [0.05, 0.1) is 10.4 Å². The first-order valence-corrected chi connectivity index (χ1v) is 14.4. The van der Waals surface area contributed by atoms with Gasteiger partial charge in [-0.05, 0) is 93.9 Å². The predicted molar refractivity (Wildman–Crippen MR) is 154 cm³/mol. The highest BCUT2D eigenvalue weighted by Crippen LogP contribution is 2.33. The Balaban J connectivity index is 1.66. The molecule has 0 radical (unpaired) electrons. The molecule has 5 aromatic rings. The molecule has 0 bridgehead atoms. The fourth-order valence-electron chi connectivity index (χ4n) is 4.58. The molecule has 190 valence electrons. The fraction of sp³-hybridized carbons (Fsp3) is 0.121. The quantitative estimate of drug-likeness (QED) is 0.212. The van der Waals surface area contributed by atoms with Crippen LogP contribution in [0.15, 0.2) is 108 Å². The van der Waals surface area contributed by atoms with E-state index in [9.17, 15) is 12.8 Å². The van der Waals surface area contributed by atoms with Crippen molar-refractivity contribution in [2.45, 2.75) is 24.7 Å². The molecule has 0 spiro atoms. The molecule has 0 fully saturated rings. The topological polar surface area (TPSA) is 47.0 Å². The first-order valence-electron chi connectivity index (χ1n) is 12.5. The average Bonchev–Trinajstić information content (AvgIpc) is 2.91. The Labute approximate surface area is 223 Å². The standard InChI is InChI=1S/C33H28FNO2S/c1-22(2)28-20-27-8-5-17-35-33(27)32(21-28)26-7-4-6-23(18-26)19-31(24-9-13-29(34)14-10-24)25-11-15-30(16-12-25)38(3,36)37/h4-22H,1-3H3/b31-19+. The van der Waals surface area contributed by atoms with Gasteiger partial charge in [-0.2, -0.15) is 0 Å². The Hall–Kier alpha value is -4.09. The summed E-state index contributed by atoms with van der Waals surface area (Å²) < 4.78 is 37.7. The lowest BCUT2D eigenvalue weighted by Crippen LogP contribution is -1.97. The summed E-state index contributed by atoms with van der Waals surface area (Å²) in [5.41, 5.74) is 7.82. The normalized spacial score (nSPS) is 12.3. The zero-order valence-electron chi connectivity index (χ0n) is 21.5. The molecular weight excluding hydrogens is 493 g/mol. The SMILES string of the molecule is CC(C)c1cc(-c2cccc(/C=C(\c3ccc(F)cc3)c3ccc(S(C)(=O)=O)cc3)c2)c2ncccc2c1.